The van der Waals surface area contributed by atoms with E-state index < -0.39 is 11.7 Å². The molecule has 0 radical (unpaired) electrons. The van der Waals surface area contributed by atoms with Crippen LogP contribution in [0.15, 0.2) is 42.6 Å². The Bertz CT molecular complexity index is 594. The van der Waals surface area contributed by atoms with Gasteiger partial charge in [-0.15, -0.1) is 0 Å². The van der Waals surface area contributed by atoms with Gasteiger partial charge in [0, 0.05) is 11.9 Å². The number of aromatic nitrogens is 1. The van der Waals surface area contributed by atoms with Crippen molar-refractivity contribution < 1.29 is 13.2 Å². The Balaban J connectivity index is 2.18. The summed E-state index contributed by atoms with van der Waals surface area (Å²) in [6, 6.07) is 8.61. The predicted molar refractivity (Wildman–Crippen MR) is 74.2 cm³/mol. The third-order valence-corrected chi connectivity index (χ3v) is 3.35. The minimum absolute atomic E-state index is 0.199. The molecule has 1 unspecified atom stereocenters. The van der Waals surface area contributed by atoms with Gasteiger partial charge < -0.3 is 0 Å². The number of hydrazine groups is 1. The summed E-state index contributed by atoms with van der Waals surface area (Å²) < 4.78 is 37.6. The first kappa shape index (κ1) is 15.5. The van der Waals surface area contributed by atoms with Gasteiger partial charge in [0.1, 0.15) is 0 Å². The number of benzene rings is 1. The first-order valence-corrected chi connectivity index (χ1v) is 6.45. The Kier molecular flexibility index (Phi) is 4.59. The number of nitrogens with two attached hydrogens (primary N) is 1. The van der Waals surface area contributed by atoms with Crippen LogP contribution in [0.1, 0.15) is 28.4 Å². The molecule has 1 aromatic heterocycles. The van der Waals surface area contributed by atoms with Crippen LogP contribution < -0.4 is 11.3 Å². The molecule has 0 bridgehead atoms. The first-order valence-electron chi connectivity index (χ1n) is 6.45. The number of pyridine rings is 1. The summed E-state index contributed by atoms with van der Waals surface area (Å²) in [4.78, 5) is 4.19. The van der Waals surface area contributed by atoms with Gasteiger partial charge in [-0.1, -0.05) is 18.2 Å². The third-order valence-electron chi connectivity index (χ3n) is 3.35. The van der Waals surface area contributed by atoms with Crippen molar-refractivity contribution in [1.29, 1.82) is 0 Å². The molecular formula is C15H16F3N3. The fourth-order valence-corrected chi connectivity index (χ4v) is 2.19. The van der Waals surface area contributed by atoms with E-state index >= 15 is 0 Å². The molecule has 0 aliphatic rings. The van der Waals surface area contributed by atoms with Crippen molar-refractivity contribution in [1.82, 2.24) is 10.4 Å². The number of alkyl halides is 3. The summed E-state index contributed by atoms with van der Waals surface area (Å²) in [5, 5.41) is 0. The van der Waals surface area contributed by atoms with Crippen molar-refractivity contribution in [2.24, 2.45) is 5.84 Å². The summed E-state index contributed by atoms with van der Waals surface area (Å²) >= 11 is 0. The van der Waals surface area contributed by atoms with Crippen LogP contribution in [-0.4, -0.2) is 4.98 Å². The van der Waals surface area contributed by atoms with Gasteiger partial charge in [0.05, 0.1) is 11.6 Å². The van der Waals surface area contributed by atoms with Crippen LogP contribution in [0.2, 0.25) is 0 Å². The van der Waals surface area contributed by atoms with Gasteiger partial charge >= 0.3 is 6.18 Å². The predicted octanol–water partition coefficient (Wildman–Crippen LogP) is 3.16. The highest BCUT2D eigenvalue weighted by Gasteiger charge is 2.30. The maximum atomic E-state index is 12.5. The van der Waals surface area contributed by atoms with Crippen LogP contribution in [0.4, 0.5) is 13.2 Å². The standard InChI is InChI=1S/C15H16F3N3/c1-10-13(3-2-8-20-10)14(21-19)9-11-4-6-12(7-5-11)15(16,17)18/h2-8,14,21H,9,19H2,1H3. The number of halogens is 3. The number of rotatable bonds is 4. The van der Waals surface area contributed by atoms with E-state index in [1.165, 1.54) is 12.1 Å². The van der Waals surface area contributed by atoms with E-state index in [2.05, 4.69) is 10.4 Å². The molecule has 0 amide bonds. The van der Waals surface area contributed by atoms with Crippen molar-refractivity contribution in [3.05, 3.63) is 65.0 Å². The minimum Gasteiger partial charge on any atom is -0.271 e. The van der Waals surface area contributed by atoms with Crippen molar-refractivity contribution in [3.63, 3.8) is 0 Å². The second kappa shape index (κ2) is 6.24. The molecule has 2 aromatic rings. The number of hydrogen-bond acceptors (Lipinski definition) is 3. The lowest BCUT2D eigenvalue weighted by molar-refractivity contribution is -0.137. The molecule has 0 fully saturated rings. The highest BCUT2D eigenvalue weighted by Crippen LogP contribution is 2.29. The lowest BCUT2D eigenvalue weighted by atomic mass is 9.98. The lowest BCUT2D eigenvalue weighted by Gasteiger charge is -2.18. The monoisotopic (exact) mass is 295 g/mol. The molecule has 1 atom stereocenters. The summed E-state index contributed by atoms with van der Waals surface area (Å²) in [5.74, 6) is 5.56. The van der Waals surface area contributed by atoms with E-state index in [1.54, 1.807) is 12.3 Å². The van der Waals surface area contributed by atoms with Crippen molar-refractivity contribution >= 4 is 0 Å². The van der Waals surface area contributed by atoms with Crippen LogP contribution in [0.25, 0.3) is 0 Å². The van der Waals surface area contributed by atoms with E-state index in [-0.39, 0.29) is 6.04 Å². The summed E-state index contributed by atoms with van der Waals surface area (Å²) in [5.41, 5.74) is 4.58. The van der Waals surface area contributed by atoms with Crippen LogP contribution in [0.3, 0.4) is 0 Å². The molecule has 3 N–H and O–H groups in total. The van der Waals surface area contributed by atoms with Gasteiger partial charge in [-0.25, -0.2) is 0 Å². The van der Waals surface area contributed by atoms with Gasteiger partial charge in [-0.3, -0.25) is 16.3 Å². The van der Waals surface area contributed by atoms with E-state index in [0.717, 1.165) is 29.0 Å². The average Bonchev–Trinajstić information content (AvgIpc) is 2.45. The number of nitrogens with one attached hydrogen (secondary N) is 1. The van der Waals surface area contributed by atoms with Gasteiger partial charge in [0.25, 0.3) is 0 Å². The Morgan fingerprint density at radius 2 is 1.86 bits per heavy atom. The second-order valence-electron chi connectivity index (χ2n) is 4.80. The van der Waals surface area contributed by atoms with Gasteiger partial charge in [-0.05, 0) is 42.7 Å². The number of nitrogens with zero attached hydrogens (tertiary/aromatic N) is 1. The maximum Gasteiger partial charge on any atom is 0.416 e. The summed E-state index contributed by atoms with van der Waals surface area (Å²) in [6.45, 7) is 1.87. The average molecular weight is 295 g/mol. The summed E-state index contributed by atoms with van der Waals surface area (Å²) in [6.07, 6.45) is -2.14. The van der Waals surface area contributed by atoms with Gasteiger partial charge in [0.15, 0.2) is 0 Å². The largest absolute Gasteiger partial charge is 0.416 e. The molecule has 0 saturated carbocycles. The van der Waals surface area contributed by atoms with E-state index in [1.807, 2.05) is 13.0 Å². The van der Waals surface area contributed by atoms with Crippen molar-refractivity contribution in [2.75, 3.05) is 0 Å². The normalized spacial score (nSPS) is 13.2. The molecule has 1 aromatic carbocycles. The highest BCUT2D eigenvalue weighted by molar-refractivity contribution is 5.28. The Morgan fingerprint density at radius 3 is 2.38 bits per heavy atom. The Morgan fingerprint density at radius 1 is 1.19 bits per heavy atom. The fraction of sp³-hybridized carbons (Fsp3) is 0.267. The van der Waals surface area contributed by atoms with Gasteiger partial charge in [-0.2, -0.15) is 13.2 Å². The Labute approximate surface area is 121 Å². The molecule has 1 heterocycles. The van der Waals surface area contributed by atoms with Crippen LogP contribution >= 0.6 is 0 Å². The minimum atomic E-state index is -4.32. The third kappa shape index (κ3) is 3.80. The lowest BCUT2D eigenvalue weighted by Crippen LogP contribution is -2.30. The smallest absolute Gasteiger partial charge is 0.271 e. The molecule has 0 saturated heterocycles. The number of aryl methyl sites for hydroxylation is 1. The van der Waals surface area contributed by atoms with Gasteiger partial charge in [0.2, 0.25) is 0 Å². The Hall–Kier alpha value is -1.92. The molecule has 0 spiro atoms. The molecule has 3 nitrogen and oxygen atoms in total. The molecule has 2 rings (SSSR count). The van der Waals surface area contributed by atoms with E-state index in [0.29, 0.717) is 6.42 Å². The highest BCUT2D eigenvalue weighted by atomic mass is 19.4. The zero-order chi connectivity index (χ0) is 15.5. The molecular weight excluding hydrogens is 279 g/mol. The summed E-state index contributed by atoms with van der Waals surface area (Å²) in [7, 11) is 0. The molecule has 112 valence electrons. The fourth-order valence-electron chi connectivity index (χ4n) is 2.19. The van der Waals surface area contributed by atoms with Crippen molar-refractivity contribution in [2.45, 2.75) is 25.6 Å². The topological polar surface area (TPSA) is 50.9 Å². The molecule has 0 aliphatic carbocycles. The first-order chi connectivity index (χ1) is 9.91. The van der Waals surface area contributed by atoms with Crippen LogP contribution in [-0.2, 0) is 12.6 Å². The SMILES string of the molecule is Cc1ncccc1C(Cc1ccc(C(F)(F)F)cc1)NN. The molecule has 0 aliphatic heterocycles. The zero-order valence-corrected chi connectivity index (χ0v) is 11.5. The van der Waals surface area contributed by atoms with Crippen LogP contribution in [0.5, 0.6) is 0 Å². The van der Waals surface area contributed by atoms with E-state index in [4.69, 9.17) is 5.84 Å². The molecule has 6 heteroatoms. The van der Waals surface area contributed by atoms with E-state index in [9.17, 15) is 13.2 Å². The molecule has 21 heavy (non-hydrogen) atoms. The maximum absolute atomic E-state index is 12.5. The number of hydrogen-bond donors (Lipinski definition) is 2. The second-order valence-corrected chi connectivity index (χ2v) is 4.80. The quantitative estimate of drug-likeness (QED) is 0.673. The van der Waals surface area contributed by atoms with Crippen LogP contribution in [0, 0.1) is 6.92 Å². The van der Waals surface area contributed by atoms with Crippen molar-refractivity contribution in [3.8, 4) is 0 Å². The zero-order valence-electron chi connectivity index (χ0n) is 11.5.